The number of carbonyl (C=O) groups is 2. The van der Waals surface area contributed by atoms with E-state index in [-0.39, 0.29) is 31.0 Å². The van der Waals surface area contributed by atoms with Crippen LogP contribution in [0.2, 0.25) is 0 Å². The zero-order valence-corrected chi connectivity index (χ0v) is 17.9. The normalized spacial score (nSPS) is 10.8. The van der Waals surface area contributed by atoms with Gasteiger partial charge in [0.15, 0.2) is 5.16 Å². The largest absolute Gasteiger partial charge is 0.370 e. The Morgan fingerprint density at radius 3 is 2.60 bits per heavy atom. The van der Waals surface area contributed by atoms with Gasteiger partial charge in [-0.3, -0.25) is 9.59 Å². The summed E-state index contributed by atoms with van der Waals surface area (Å²) in [5.41, 5.74) is 5.77. The number of nitrogens with zero attached hydrogens (tertiary/aromatic N) is 5. The average molecular weight is 433 g/mol. The topological polar surface area (TPSA) is 118 Å². The molecule has 0 aliphatic rings. The summed E-state index contributed by atoms with van der Waals surface area (Å²) in [6.45, 7) is 4.96. The minimum Gasteiger partial charge on any atom is -0.370 e. The van der Waals surface area contributed by atoms with Crippen molar-refractivity contribution in [2.45, 2.75) is 44.8 Å². The highest BCUT2D eigenvalue weighted by Gasteiger charge is 2.19. The smallest absolute Gasteiger partial charge is 0.237 e. The number of rotatable bonds is 11. The number of aromatic nitrogens is 3. The van der Waals surface area contributed by atoms with Crippen molar-refractivity contribution in [1.82, 2.24) is 14.8 Å². The number of anilines is 1. The average Bonchev–Trinajstić information content (AvgIpc) is 3.07. The van der Waals surface area contributed by atoms with E-state index in [9.17, 15) is 14.0 Å². The molecule has 0 saturated carbocycles. The summed E-state index contributed by atoms with van der Waals surface area (Å²) in [6, 6.07) is 7.61. The summed E-state index contributed by atoms with van der Waals surface area (Å²) in [5.74, 6) is 0.0122. The summed E-state index contributed by atoms with van der Waals surface area (Å²) in [7, 11) is 0. The quantitative estimate of drug-likeness (QED) is 0.545. The van der Waals surface area contributed by atoms with Crippen molar-refractivity contribution in [3.63, 3.8) is 0 Å². The molecule has 1 aromatic carbocycles. The van der Waals surface area contributed by atoms with E-state index < -0.39 is 11.7 Å². The van der Waals surface area contributed by atoms with Gasteiger partial charge in [-0.2, -0.15) is 5.26 Å². The molecule has 1 aromatic heterocycles. The molecule has 2 rings (SSSR count). The van der Waals surface area contributed by atoms with E-state index in [2.05, 4.69) is 24.0 Å². The van der Waals surface area contributed by atoms with Crippen LogP contribution in [0.3, 0.4) is 0 Å². The lowest BCUT2D eigenvalue weighted by atomic mass is 10.2. The van der Waals surface area contributed by atoms with Gasteiger partial charge in [-0.15, -0.1) is 10.2 Å². The van der Waals surface area contributed by atoms with Gasteiger partial charge in [-0.1, -0.05) is 25.6 Å². The summed E-state index contributed by atoms with van der Waals surface area (Å²) >= 11 is 1.24. The Balaban J connectivity index is 2.14. The van der Waals surface area contributed by atoms with Gasteiger partial charge in [-0.05, 0) is 30.2 Å². The molecule has 0 fully saturated rings. The van der Waals surface area contributed by atoms with Crippen molar-refractivity contribution < 1.29 is 14.0 Å². The van der Waals surface area contributed by atoms with Crippen molar-refractivity contribution >= 4 is 29.3 Å². The van der Waals surface area contributed by atoms with Crippen LogP contribution < -0.4 is 10.6 Å². The molecule has 0 aliphatic heterocycles. The lowest BCUT2D eigenvalue weighted by Crippen LogP contribution is -2.33. The summed E-state index contributed by atoms with van der Waals surface area (Å²) in [5, 5.41) is 17.8. The Bertz CT molecular complexity index is 907. The second-order valence-electron chi connectivity index (χ2n) is 7.09. The third-order valence-electron chi connectivity index (χ3n) is 4.15. The highest BCUT2D eigenvalue weighted by Crippen LogP contribution is 2.22. The lowest BCUT2D eigenvalue weighted by Gasteiger charge is -2.21. The van der Waals surface area contributed by atoms with Gasteiger partial charge in [0.25, 0.3) is 0 Å². The van der Waals surface area contributed by atoms with Crippen LogP contribution in [-0.4, -0.2) is 38.9 Å². The molecule has 0 radical (unpaired) electrons. The number of hydrogen-bond acceptors (Lipinski definition) is 6. The highest BCUT2D eigenvalue weighted by molar-refractivity contribution is 7.99. The number of primary amides is 1. The molecule has 8 nitrogen and oxygen atoms in total. The van der Waals surface area contributed by atoms with Crippen LogP contribution >= 0.6 is 11.8 Å². The number of benzene rings is 1. The Hall–Kier alpha value is -2.93. The predicted octanol–water partition coefficient (Wildman–Crippen LogP) is 2.53. The van der Waals surface area contributed by atoms with Crippen LogP contribution in [0.5, 0.6) is 0 Å². The number of aryl methyl sites for hydroxylation is 1. The summed E-state index contributed by atoms with van der Waals surface area (Å²) in [6.07, 6.45) is 0.717. The third-order valence-corrected chi connectivity index (χ3v) is 5.10. The molecule has 30 heavy (non-hydrogen) atoms. The molecular formula is C20H25FN6O2S. The zero-order chi connectivity index (χ0) is 22.1. The second kappa shape index (κ2) is 11.3. The second-order valence-corrected chi connectivity index (χ2v) is 8.03. The van der Waals surface area contributed by atoms with Gasteiger partial charge >= 0.3 is 0 Å². The molecule has 0 atom stereocenters. The number of nitriles is 1. The zero-order valence-electron chi connectivity index (χ0n) is 17.0. The monoisotopic (exact) mass is 432 g/mol. The van der Waals surface area contributed by atoms with Gasteiger partial charge in [-0.25, -0.2) is 4.39 Å². The first-order chi connectivity index (χ1) is 14.3. The first kappa shape index (κ1) is 23.3. The van der Waals surface area contributed by atoms with Crippen molar-refractivity contribution in [3.05, 3.63) is 35.9 Å². The predicted molar refractivity (Wildman–Crippen MR) is 112 cm³/mol. The van der Waals surface area contributed by atoms with Crippen LogP contribution in [0.25, 0.3) is 0 Å². The summed E-state index contributed by atoms with van der Waals surface area (Å²) < 4.78 is 15.1. The number of carbonyl (C=O) groups excluding carboxylic acids is 2. The van der Waals surface area contributed by atoms with Crippen LogP contribution in [0, 0.1) is 23.1 Å². The van der Waals surface area contributed by atoms with Crippen LogP contribution in [0.4, 0.5) is 10.1 Å². The van der Waals surface area contributed by atoms with Crippen LogP contribution in [-0.2, 0) is 22.6 Å². The van der Waals surface area contributed by atoms with Gasteiger partial charge in [0.05, 0.1) is 18.2 Å². The highest BCUT2D eigenvalue weighted by atomic mass is 32.2. The van der Waals surface area contributed by atoms with E-state index >= 15 is 0 Å². The van der Waals surface area contributed by atoms with Crippen molar-refractivity contribution in [2.24, 2.45) is 11.7 Å². The molecule has 2 aromatic rings. The Morgan fingerprint density at radius 2 is 2.00 bits per heavy atom. The first-order valence-corrected chi connectivity index (χ1v) is 10.6. The van der Waals surface area contributed by atoms with Crippen molar-refractivity contribution in [3.8, 4) is 6.07 Å². The molecule has 0 aliphatic carbocycles. The van der Waals surface area contributed by atoms with Crippen LogP contribution in [0.1, 0.15) is 32.5 Å². The van der Waals surface area contributed by atoms with Crippen LogP contribution in [0.15, 0.2) is 29.4 Å². The number of hydrogen-bond donors (Lipinski definition) is 1. The van der Waals surface area contributed by atoms with E-state index in [0.717, 1.165) is 0 Å². The number of halogens is 1. The molecule has 2 N–H and O–H groups in total. The minimum absolute atomic E-state index is 0.0782. The maximum atomic E-state index is 13.2. The molecule has 0 unspecified atom stereocenters. The van der Waals surface area contributed by atoms with Gasteiger partial charge in [0.1, 0.15) is 11.6 Å². The van der Waals surface area contributed by atoms with Gasteiger partial charge in [0.2, 0.25) is 11.8 Å². The fraction of sp³-hybridized carbons (Fsp3) is 0.450. The third kappa shape index (κ3) is 6.84. The van der Waals surface area contributed by atoms with Crippen molar-refractivity contribution in [1.29, 1.82) is 5.26 Å². The Kier molecular flexibility index (Phi) is 8.80. The number of amides is 2. The van der Waals surface area contributed by atoms with E-state index in [1.807, 2.05) is 10.6 Å². The fourth-order valence-corrected chi connectivity index (χ4v) is 3.62. The molecule has 160 valence electrons. The van der Waals surface area contributed by atoms with E-state index in [4.69, 9.17) is 11.0 Å². The minimum atomic E-state index is -0.411. The fourth-order valence-electron chi connectivity index (χ4n) is 2.78. The SMILES string of the molecule is CC(C)Cn1c(CCC(N)=O)nnc1SCC(=O)N(CCC#N)c1ccc(F)cc1. The molecule has 0 saturated heterocycles. The first-order valence-electron chi connectivity index (χ1n) is 9.57. The van der Waals surface area contributed by atoms with Crippen molar-refractivity contribution in [2.75, 3.05) is 17.2 Å². The maximum Gasteiger partial charge on any atom is 0.237 e. The molecule has 0 spiro atoms. The molecule has 1 heterocycles. The standard InChI is InChI=1S/C20H25FN6O2S/c1-14(2)12-27-18(9-8-17(23)28)24-25-20(27)30-13-19(29)26(11-3-10-22)16-6-4-15(21)5-7-16/h4-7,14H,3,8-9,11-13H2,1-2H3,(H2,23,28). The van der Waals surface area contributed by atoms with Gasteiger partial charge < -0.3 is 15.2 Å². The number of nitrogens with two attached hydrogens (primary N) is 1. The maximum absolute atomic E-state index is 13.2. The Labute approximate surface area is 179 Å². The molecule has 0 bridgehead atoms. The molecule has 2 amide bonds. The molecular weight excluding hydrogens is 407 g/mol. The molecule has 10 heteroatoms. The Morgan fingerprint density at radius 1 is 1.30 bits per heavy atom. The van der Waals surface area contributed by atoms with E-state index in [0.29, 0.717) is 35.6 Å². The van der Waals surface area contributed by atoms with E-state index in [1.54, 1.807) is 0 Å². The lowest BCUT2D eigenvalue weighted by molar-refractivity contribution is -0.118. The summed E-state index contributed by atoms with van der Waals surface area (Å²) in [4.78, 5) is 25.4. The number of thioether (sulfide) groups is 1. The van der Waals surface area contributed by atoms with Gasteiger partial charge in [0, 0.05) is 31.6 Å². The van der Waals surface area contributed by atoms with E-state index in [1.165, 1.54) is 40.9 Å².